The minimum Gasteiger partial charge on any atom is -0.488 e. The highest BCUT2D eigenvalue weighted by Crippen LogP contribution is 2.36. The van der Waals surface area contributed by atoms with Crippen molar-refractivity contribution in [3.8, 4) is 5.75 Å². The van der Waals surface area contributed by atoms with Crippen LogP contribution in [0.15, 0.2) is 59.6 Å². The SMILES string of the molecule is CC(CO[Si](C)(C)C(C)(C)C)Oc1cccc(C2=N[C@H](c3ccccc3)CO2)c1. The van der Waals surface area contributed by atoms with Gasteiger partial charge in [0.15, 0.2) is 8.32 Å². The van der Waals surface area contributed by atoms with E-state index in [9.17, 15) is 0 Å². The summed E-state index contributed by atoms with van der Waals surface area (Å²) in [7, 11) is -1.78. The van der Waals surface area contributed by atoms with Crippen LogP contribution in [0.5, 0.6) is 5.75 Å². The zero-order chi connectivity index (χ0) is 21.1. The Morgan fingerprint density at radius 1 is 1.10 bits per heavy atom. The molecule has 0 saturated heterocycles. The summed E-state index contributed by atoms with van der Waals surface area (Å²) >= 11 is 0. The highest BCUT2D eigenvalue weighted by atomic mass is 28.4. The lowest BCUT2D eigenvalue weighted by Crippen LogP contribution is -2.43. The summed E-state index contributed by atoms with van der Waals surface area (Å²) in [4.78, 5) is 4.76. The number of hydrogen-bond donors (Lipinski definition) is 0. The van der Waals surface area contributed by atoms with Crippen LogP contribution < -0.4 is 4.74 Å². The van der Waals surface area contributed by atoms with Crippen molar-refractivity contribution in [2.24, 2.45) is 4.99 Å². The molecule has 1 unspecified atom stereocenters. The second kappa shape index (κ2) is 8.72. The Bertz CT molecular complexity index is 843. The van der Waals surface area contributed by atoms with Crippen LogP contribution >= 0.6 is 0 Å². The van der Waals surface area contributed by atoms with Crippen LogP contribution in [0.3, 0.4) is 0 Å². The lowest BCUT2D eigenvalue weighted by molar-refractivity contribution is 0.134. The van der Waals surface area contributed by atoms with E-state index in [1.165, 1.54) is 5.56 Å². The molecule has 0 amide bonds. The average molecular weight is 412 g/mol. The van der Waals surface area contributed by atoms with Gasteiger partial charge >= 0.3 is 0 Å². The van der Waals surface area contributed by atoms with Crippen molar-refractivity contribution < 1.29 is 13.9 Å². The van der Waals surface area contributed by atoms with Gasteiger partial charge in [0.05, 0.1) is 6.61 Å². The van der Waals surface area contributed by atoms with Gasteiger partial charge in [-0.1, -0.05) is 57.2 Å². The highest BCUT2D eigenvalue weighted by molar-refractivity contribution is 6.74. The third-order valence-electron chi connectivity index (χ3n) is 5.74. The monoisotopic (exact) mass is 411 g/mol. The number of ether oxygens (including phenoxy) is 2. The second-order valence-corrected chi connectivity index (χ2v) is 14.0. The van der Waals surface area contributed by atoms with Gasteiger partial charge < -0.3 is 13.9 Å². The van der Waals surface area contributed by atoms with Crippen LogP contribution in [-0.4, -0.2) is 33.5 Å². The molecule has 1 aliphatic heterocycles. The maximum Gasteiger partial charge on any atom is 0.217 e. The molecule has 0 spiro atoms. The third-order valence-corrected chi connectivity index (χ3v) is 10.2. The Hall–Kier alpha value is -2.11. The molecule has 0 bridgehead atoms. The van der Waals surface area contributed by atoms with E-state index in [4.69, 9.17) is 18.9 Å². The fourth-order valence-electron chi connectivity index (χ4n) is 2.89. The first-order valence-electron chi connectivity index (χ1n) is 10.3. The Balaban J connectivity index is 1.63. The van der Waals surface area contributed by atoms with Crippen LogP contribution in [0.4, 0.5) is 0 Å². The van der Waals surface area contributed by atoms with Crippen LogP contribution in [0.2, 0.25) is 18.1 Å². The van der Waals surface area contributed by atoms with Gasteiger partial charge in [-0.2, -0.15) is 0 Å². The van der Waals surface area contributed by atoms with Gasteiger partial charge in [-0.25, -0.2) is 4.99 Å². The third kappa shape index (κ3) is 5.49. The van der Waals surface area contributed by atoms with Crippen molar-refractivity contribution in [2.75, 3.05) is 13.2 Å². The first-order valence-corrected chi connectivity index (χ1v) is 13.2. The predicted octanol–water partition coefficient (Wildman–Crippen LogP) is 5.99. The molecule has 156 valence electrons. The maximum atomic E-state index is 6.29. The first-order chi connectivity index (χ1) is 13.7. The summed E-state index contributed by atoms with van der Waals surface area (Å²) in [5.41, 5.74) is 2.12. The summed E-state index contributed by atoms with van der Waals surface area (Å²) in [5, 5.41) is 0.194. The van der Waals surface area contributed by atoms with Gasteiger partial charge in [0, 0.05) is 5.56 Å². The Kier molecular flexibility index (Phi) is 6.49. The molecule has 4 nitrogen and oxygen atoms in total. The molecule has 5 heteroatoms. The van der Waals surface area contributed by atoms with E-state index in [1.54, 1.807) is 0 Å². The molecule has 1 aliphatic rings. The topological polar surface area (TPSA) is 40.0 Å². The number of benzene rings is 2. The molecule has 0 fully saturated rings. The normalized spacial score (nSPS) is 18.1. The lowest BCUT2D eigenvalue weighted by Gasteiger charge is -2.36. The first kappa shape index (κ1) is 21.6. The molecule has 2 aromatic carbocycles. The maximum absolute atomic E-state index is 6.29. The van der Waals surface area contributed by atoms with E-state index in [2.05, 4.69) is 52.9 Å². The van der Waals surface area contributed by atoms with E-state index in [0.29, 0.717) is 19.1 Å². The van der Waals surface area contributed by atoms with Crippen LogP contribution in [-0.2, 0) is 9.16 Å². The van der Waals surface area contributed by atoms with Gasteiger partial charge in [-0.15, -0.1) is 0 Å². The van der Waals surface area contributed by atoms with Crippen LogP contribution in [0, 0.1) is 0 Å². The molecule has 1 heterocycles. The Morgan fingerprint density at radius 2 is 1.83 bits per heavy atom. The standard InChI is InChI=1S/C24H33NO3Si/c1-18(16-27-29(5,6)24(2,3)4)28-21-14-10-13-20(15-21)23-25-22(17-26-23)19-11-8-7-9-12-19/h7-15,18,22H,16-17H2,1-6H3/t18?,22-/m0/s1. The van der Waals surface area contributed by atoms with E-state index < -0.39 is 8.32 Å². The van der Waals surface area contributed by atoms with Gasteiger partial charge in [0.25, 0.3) is 0 Å². The summed E-state index contributed by atoms with van der Waals surface area (Å²) in [6.07, 6.45) is -0.0251. The molecule has 0 aromatic heterocycles. The quantitative estimate of drug-likeness (QED) is 0.525. The molecular weight excluding hydrogens is 378 g/mol. The number of aliphatic imine (C=N–C) groups is 1. The summed E-state index contributed by atoms with van der Waals surface area (Å²) in [6.45, 7) is 14.5. The summed E-state index contributed by atoms with van der Waals surface area (Å²) in [6, 6.07) is 18.3. The summed E-state index contributed by atoms with van der Waals surface area (Å²) < 4.78 is 18.3. The van der Waals surface area contributed by atoms with Crippen molar-refractivity contribution >= 4 is 14.2 Å². The fourth-order valence-corrected chi connectivity index (χ4v) is 3.97. The van der Waals surface area contributed by atoms with Crippen molar-refractivity contribution in [3.05, 3.63) is 65.7 Å². The highest BCUT2D eigenvalue weighted by Gasteiger charge is 2.37. The van der Waals surface area contributed by atoms with Crippen molar-refractivity contribution in [2.45, 2.75) is 58.0 Å². The minimum atomic E-state index is -1.78. The summed E-state index contributed by atoms with van der Waals surface area (Å²) in [5.74, 6) is 1.48. The average Bonchev–Trinajstić information content (AvgIpc) is 3.17. The number of nitrogens with zero attached hydrogens (tertiary/aromatic N) is 1. The van der Waals surface area contributed by atoms with Gasteiger partial charge in [-0.3, -0.25) is 0 Å². The van der Waals surface area contributed by atoms with E-state index in [0.717, 1.165) is 11.3 Å². The van der Waals surface area contributed by atoms with E-state index in [-0.39, 0.29) is 17.2 Å². The Morgan fingerprint density at radius 3 is 2.52 bits per heavy atom. The lowest BCUT2D eigenvalue weighted by atomic mass is 10.1. The predicted molar refractivity (Wildman–Crippen MR) is 121 cm³/mol. The second-order valence-electron chi connectivity index (χ2n) is 9.20. The fraction of sp³-hybridized carbons (Fsp3) is 0.458. The molecule has 3 rings (SSSR count). The van der Waals surface area contributed by atoms with Gasteiger partial charge in [0.1, 0.15) is 24.5 Å². The van der Waals surface area contributed by atoms with Gasteiger partial charge in [-0.05, 0) is 48.8 Å². The zero-order valence-electron chi connectivity index (χ0n) is 18.4. The van der Waals surface area contributed by atoms with E-state index in [1.807, 2.05) is 42.5 Å². The number of rotatable bonds is 7. The van der Waals surface area contributed by atoms with Crippen LogP contribution in [0.25, 0.3) is 0 Å². The smallest absolute Gasteiger partial charge is 0.217 e. The molecule has 0 saturated carbocycles. The van der Waals surface area contributed by atoms with Crippen molar-refractivity contribution in [1.82, 2.24) is 0 Å². The molecule has 29 heavy (non-hydrogen) atoms. The van der Waals surface area contributed by atoms with Crippen LogP contribution in [0.1, 0.15) is 44.9 Å². The van der Waals surface area contributed by atoms with E-state index >= 15 is 0 Å². The molecule has 0 aliphatic carbocycles. The molecule has 2 atom stereocenters. The molecule has 0 radical (unpaired) electrons. The zero-order valence-corrected chi connectivity index (χ0v) is 19.4. The van der Waals surface area contributed by atoms with Crippen molar-refractivity contribution in [3.63, 3.8) is 0 Å². The number of hydrogen-bond acceptors (Lipinski definition) is 4. The molecular formula is C24H33NO3Si. The van der Waals surface area contributed by atoms with Crippen molar-refractivity contribution in [1.29, 1.82) is 0 Å². The largest absolute Gasteiger partial charge is 0.488 e. The minimum absolute atomic E-state index is 0.0251. The molecule has 2 aromatic rings. The molecule has 0 N–H and O–H groups in total. The Labute approximate surface area is 176 Å². The van der Waals surface area contributed by atoms with Gasteiger partial charge in [0.2, 0.25) is 5.90 Å².